The standard InChI is InChI=1S/C31H27N5O7S2.Na/c1-20(37)33-23-12-14-24(15-13-23)36(19-21-7-3-2-4-8-21)44(39,40)29-10-6-5-9-27(29)34-35-31-26(32)16-11-22-17-25(45(41,42)43)18-28(38)30(22)31;/h2-18,38H,19,32H2,1H3,(H,33,37)(H,41,42,43);/q;+1/p-1. The van der Waals surface area contributed by atoms with Gasteiger partial charge >= 0.3 is 29.6 Å². The summed E-state index contributed by atoms with van der Waals surface area (Å²) in [5.41, 5.74) is 7.62. The number of rotatable bonds is 9. The van der Waals surface area contributed by atoms with Crippen molar-refractivity contribution in [1.82, 2.24) is 0 Å². The zero-order chi connectivity index (χ0) is 32.4. The van der Waals surface area contributed by atoms with Crippen LogP contribution in [0.3, 0.4) is 0 Å². The van der Waals surface area contributed by atoms with Crippen LogP contribution in [0.25, 0.3) is 10.8 Å². The number of phenols is 1. The normalized spacial score (nSPS) is 11.7. The average Bonchev–Trinajstić information content (AvgIpc) is 3.00. The van der Waals surface area contributed by atoms with Crippen LogP contribution in [-0.4, -0.2) is 32.4 Å². The van der Waals surface area contributed by atoms with E-state index in [1.165, 1.54) is 41.6 Å². The Hall–Kier alpha value is -4.31. The minimum absolute atomic E-state index is 0. The average molecular weight is 668 g/mol. The Morgan fingerprint density at radius 2 is 1.54 bits per heavy atom. The second kappa shape index (κ2) is 14.0. The molecular formula is C31H26N5NaO7S2. The van der Waals surface area contributed by atoms with Gasteiger partial charge in [0.05, 0.1) is 28.2 Å². The molecule has 0 unspecified atom stereocenters. The molecule has 0 radical (unpaired) electrons. The smallest absolute Gasteiger partial charge is 0.744 e. The third-order valence-corrected chi connectivity index (χ3v) is 9.33. The van der Waals surface area contributed by atoms with E-state index >= 15 is 0 Å². The fourth-order valence-electron chi connectivity index (χ4n) is 4.63. The van der Waals surface area contributed by atoms with Gasteiger partial charge in [0.25, 0.3) is 10.0 Å². The van der Waals surface area contributed by atoms with Crippen molar-refractivity contribution in [3.63, 3.8) is 0 Å². The Morgan fingerprint density at radius 1 is 0.891 bits per heavy atom. The number of carbonyl (C=O) groups is 1. The summed E-state index contributed by atoms with van der Waals surface area (Å²) in [6.45, 7) is 1.34. The third-order valence-electron chi connectivity index (χ3n) is 6.70. The molecule has 12 nitrogen and oxygen atoms in total. The Morgan fingerprint density at radius 3 is 2.20 bits per heavy atom. The third kappa shape index (κ3) is 7.55. The first-order chi connectivity index (χ1) is 21.3. The van der Waals surface area contributed by atoms with Crippen LogP contribution in [0.2, 0.25) is 0 Å². The van der Waals surface area contributed by atoms with Crippen LogP contribution in [0.4, 0.5) is 28.4 Å². The van der Waals surface area contributed by atoms with Gasteiger partial charge in [-0.15, -0.1) is 10.2 Å². The van der Waals surface area contributed by atoms with Gasteiger partial charge in [0, 0.05) is 12.6 Å². The van der Waals surface area contributed by atoms with Gasteiger partial charge in [0.1, 0.15) is 32.1 Å². The molecule has 0 aliphatic rings. The SMILES string of the molecule is CC(=O)Nc1ccc(N(Cc2ccccc2)S(=O)(=O)c2ccccc2N=Nc2c(N)ccc3cc(S(=O)(=O)[O-])cc(O)c23)cc1.[Na+]. The van der Waals surface area contributed by atoms with Crippen molar-refractivity contribution in [2.45, 2.75) is 23.3 Å². The van der Waals surface area contributed by atoms with E-state index in [1.54, 1.807) is 54.6 Å². The van der Waals surface area contributed by atoms with Gasteiger partial charge in [-0.2, -0.15) is 0 Å². The second-order valence-electron chi connectivity index (χ2n) is 9.89. The number of hydrogen-bond donors (Lipinski definition) is 3. The number of aromatic hydroxyl groups is 1. The first kappa shape index (κ1) is 34.6. The molecule has 0 heterocycles. The molecule has 0 saturated carbocycles. The minimum Gasteiger partial charge on any atom is -0.744 e. The molecule has 230 valence electrons. The molecule has 0 saturated heterocycles. The summed E-state index contributed by atoms with van der Waals surface area (Å²) < 4.78 is 64.4. The zero-order valence-corrected chi connectivity index (χ0v) is 28.3. The number of nitrogen functional groups attached to an aromatic ring is 1. The summed E-state index contributed by atoms with van der Waals surface area (Å²) in [4.78, 5) is 10.7. The summed E-state index contributed by atoms with van der Waals surface area (Å²) >= 11 is 0. The van der Waals surface area contributed by atoms with Crippen LogP contribution >= 0.6 is 0 Å². The van der Waals surface area contributed by atoms with Gasteiger partial charge in [0.15, 0.2) is 0 Å². The molecule has 0 spiro atoms. The predicted octanol–water partition coefficient (Wildman–Crippen LogP) is 2.81. The number of carbonyl (C=O) groups excluding carboxylic acids is 1. The fraction of sp³-hybridized carbons (Fsp3) is 0.0645. The monoisotopic (exact) mass is 667 g/mol. The van der Waals surface area contributed by atoms with Crippen LogP contribution in [0.15, 0.2) is 123 Å². The molecular weight excluding hydrogens is 641 g/mol. The van der Waals surface area contributed by atoms with Crippen molar-refractivity contribution in [2.75, 3.05) is 15.4 Å². The number of sulfonamides is 1. The maximum Gasteiger partial charge on any atom is 1.00 e. The molecule has 46 heavy (non-hydrogen) atoms. The maximum absolute atomic E-state index is 14.3. The first-order valence-electron chi connectivity index (χ1n) is 13.3. The van der Waals surface area contributed by atoms with Crippen molar-refractivity contribution in [3.05, 3.63) is 109 Å². The molecule has 4 N–H and O–H groups in total. The van der Waals surface area contributed by atoms with Crippen LogP contribution in [0.5, 0.6) is 5.75 Å². The number of nitrogens with two attached hydrogens (primary N) is 1. The van der Waals surface area contributed by atoms with Crippen molar-refractivity contribution in [3.8, 4) is 5.75 Å². The summed E-state index contributed by atoms with van der Waals surface area (Å²) in [5, 5.41) is 21.8. The molecule has 5 rings (SSSR count). The largest absolute Gasteiger partial charge is 1.00 e. The van der Waals surface area contributed by atoms with Crippen LogP contribution in [-0.2, 0) is 31.5 Å². The van der Waals surface area contributed by atoms with Crippen molar-refractivity contribution in [1.29, 1.82) is 0 Å². The quantitative estimate of drug-likeness (QED) is 0.0924. The van der Waals surface area contributed by atoms with Crippen LogP contribution in [0, 0.1) is 0 Å². The molecule has 0 aliphatic heterocycles. The fourth-order valence-corrected chi connectivity index (χ4v) is 6.73. The number of amides is 1. The molecule has 1 amide bonds. The van der Waals surface area contributed by atoms with E-state index in [1.807, 2.05) is 6.07 Å². The number of anilines is 3. The molecule has 0 aromatic heterocycles. The van der Waals surface area contributed by atoms with Crippen LogP contribution < -0.4 is 44.9 Å². The Bertz CT molecular complexity index is 2160. The van der Waals surface area contributed by atoms with Gasteiger partial charge in [-0.05, 0) is 65.5 Å². The molecule has 0 bridgehead atoms. The van der Waals surface area contributed by atoms with E-state index in [2.05, 4.69) is 15.5 Å². The number of hydrogen-bond acceptors (Lipinski definition) is 10. The number of phenolic OH excluding ortho intramolecular Hbond substituents is 1. The van der Waals surface area contributed by atoms with Gasteiger partial charge < -0.3 is 20.7 Å². The molecule has 0 aliphatic carbocycles. The van der Waals surface area contributed by atoms with Gasteiger partial charge in [-0.25, -0.2) is 16.8 Å². The number of benzene rings is 5. The topological polar surface area (TPSA) is 195 Å². The van der Waals surface area contributed by atoms with Crippen molar-refractivity contribution in [2.24, 2.45) is 10.2 Å². The van der Waals surface area contributed by atoms with Gasteiger partial charge in [-0.1, -0.05) is 48.5 Å². The van der Waals surface area contributed by atoms with E-state index in [0.29, 0.717) is 16.9 Å². The van der Waals surface area contributed by atoms with E-state index in [-0.39, 0.29) is 74.7 Å². The molecule has 0 atom stereocenters. The number of azo groups is 1. The summed E-state index contributed by atoms with van der Waals surface area (Å²) in [7, 11) is -9.16. The molecule has 15 heteroatoms. The molecule has 5 aromatic rings. The maximum atomic E-state index is 14.3. The summed E-state index contributed by atoms with van der Waals surface area (Å²) in [6, 6.07) is 25.9. The number of fused-ring (bicyclic) bond motifs is 1. The van der Waals surface area contributed by atoms with E-state index < -0.39 is 30.8 Å². The van der Waals surface area contributed by atoms with E-state index in [4.69, 9.17) is 5.73 Å². The number of nitrogens with zero attached hydrogens (tertiary/aromatic N) is 3. The Labute approximate surface area is 287 Å². The Balaban J connectivity index is 0.00000480. The molecule has 5 aromatic carbocycles. The van der Waals surface area contributed by atoms with Crippen molar-refractivity contribution < 1.29 is 60.8 Å². The Kier molecular flexibility index (Phi) is 10.5. The van der Waals surface area contributed by atoms with Gasteiger partial charge in [0.2, 0.25) is 5.91 Å². The first-order valence-corrected chi connectivity index (χ1v) is 16.2. The van der Waals surface area contributed by atoms with Crippen LogP contribution in [0.1, 0.15) is 12.5 Å². The van der Waals surface area contributed by atoms with E-state index in [0.717, 1.165) is 12.1 Å². The van der Waals surface area contributed by atoms with Gasteiger partial charge in [-0.3, -0.25) is 9.10 Å². The summed E-state index contributed by atoms with van der Waals surface area (Å²) in [5.74, 6) is -0.840. The summed E-state index contributed by atoms with van der Waals surface area (Å²) in [6.07, 6.45) is 0. The molecule has 0 fully saturated rings. The second-order valence-corrected chi connectivity index (χ2v) is 13.1. The predicted molar refractivity (Wildman–Crippen MR) is 169 cm³/mol. The van der Waals surface area contributed by atoms with E-state index in [9.17, 15) is 31.3 Å². The van der Waals surface area contributed by atoms with Crippen molar-refractivity contribution >= 4 is 65.3 Å². The number of nitrogens with one attached hydrogen (secondary N) is 1. The zero-order valence-electron chi connectivity index (χ0n) is 24.7. The minimum atomic E-state index is -4.86.